The summed E-state index contributed by atoms with van der Waals surface area (Å²) in [5, 5.41) is 0. The van der Waals surface area contributed by atoms with Gasteiger partial charge < -0.3 is 9.22 Å². The van der Waals surface area contributed by atoms with E-state index in [1.165, 1.54) is 0 Å². The van der Waals surface area contributed by atoms with Gasteiger partial charge in [0.15, 0.2) is 0 Å². The summed E-state index contributed by atoms with van der Waals surface area (Å²) >= 11 is 0. The smallest absolute Gasteiger partial charge is 0.0831 e. The molecular formula is C9H22NO+. The van der Waals surface area contributed by atoms with Crippen LogP contribution < -0.4 is 0 Å². The molecule has 0 aromatic carbocycles. The van der Waals surface area contributed by atoms with Crippen LogP contribution in [0.15, 0.2) is 0 Å². The molecule has 2 unspecified atom stereocenters. The van der Waals surface area contributed by atoms with Crippen molar-refractivity contribution in [1.29, 1.82) is 0 Å². The van der Waals surface area contributed by atoms with Crippen LogP contribution >= 0.6 is 0 Å². The molecule has 0 radical (unpaired) electrons. The Kier molecular flexibility index (Phi) is 4.04. The third-order valence-electron chi connectivity index (χ3n) is 2.01. The average molecular weight is 160 g/mol. The summed E-state index contributed by atoms with van der Waals surface area (Å²) in [6, 6.07) is 0. The fraction of sp³-hybridized carbons (Fsp3) is 1.00. The van der Waals surface area contributed by atoms with Crippen molar-refractivity contribution in [3.05, 3.63) is 0 Å². The highest BCUT2D eigenvalue weighted by Gasteiger charge is 2.18. The highest BCUT2D eigenvalue weighted by molar-refractivity contribution is 4.58. The minimum absolute atomic E-state index is 0.368. The van der Waals surface area contributed by atoms with Crippen molar-refractivity contribution >= 4 is 0 Å². The highest BCUT2D eigenvalue weighted by atomic mass is 16.5. The van der Waals surface area contributed by atoms with E-state index < -0.39 is 0 Å². The van der Waals surface area contributed by atoms with Gasteiger partial charge in [-0.3, -0.25) is 0 Å². The third-order valence-corrected chi connectivity index (χ3v) is 2.01. The lowest BCUT2D eigenvalue weighted by Crippen LogP contribution is -2.41. The molecule has 0 aromatic rings. The minimum Gasteiger partial charge on any atom is -0.381 e. The van der Waals surface area contributed by atoms with Crippen LogP contribution in [-0.4, -0.2) is 45.4 Å². The zero-order valence-corrected chi connectivity index (χ0v) is 8.72. The molecule has 2 atom stereocenters. The normalized spacial score (nSPS) is 18.0. The molecule has 11 heavy (non-hydrogen) atoms. The molecule has 0 aliphatic rings. The Morgan fingerprint density at radius 2 is 1.64 bits per heavy atom. The first-order valence-electron chi connectivity index (χ1n) is 4.20. The Labute approximate surface area is 70.7 Å². The SMILES string of the molecule is COC(C)C(C)C[N+](C)(C)C. The van der Waals surface area contributed by atoms with Gasteiger partial charge in [0.2, 0.25) is 0 Å². The zero-order chi connectivity index (χ0) is 9.07. The molecular weight excluding hydrogens is 138 g/mol. The fourth-order valence-corrected chi connectivity index (χ4v) is 1.24. The lowest BCUT2D eigenvalue weighted by Gasteiger charge is -2.29. The van der Waals surface area contributed by atoms with E-state index >= 15 is 0 Å². The second-order valence-electron chi connectivity index (χ2n) is 4.39. The molecule has 2 heteroatoms. The van der Waals surface area contributed by atoms with Crippen LogP contribution in [0.4, 0.5) is 0 Å². The molecule has 2 nitrogen and oxygen atoms in total. The fourth-order valence-electron chi connectivity index (χ4n) is 1.24. The average Bonchev–Trinajstić information content (AvgIpc) is 1.82. The van der Waals surface area contributed by atoms with E-state index in [-0.39, 0.29) is 0 Å². The quantitative estimate of drug-likeness (QED) is 0.564. The molecule has 0 spiro atoms. The van der Waals surface area contributed by atoms with E-state index in [1.54, 1.807) is 7.11 Å². The summed E-state index contributed by atoms with van der Waals surface area (Å²) in [5.74, 6) is 0.625. The predicted octanol–water partition coefficient (Wildman–Crippen LogP) is 1.36. The Morgan fingerprint density at radius 3 is 1.91 bits per heavy atom. The van der Waals surface area contributed by atoms with E-state index in [2.05, 4.69) is 35.0 Å². The lowest BCUT2D eigenvalue weighted by atomic mass is 10.1. The van der Waals surface area contributed by atoms with Crippen LogP contribution in [0.5, 0.6) is 0 Å². The monoisotopic (exact) mass is 160 g/mol. The first-order valence-corrected chi connectivity index (χ1v) is 4.20. The largest absolute Gasteiger partial charge is 0.381 e. The zero-order valence-electron chi connectivity index (χ0n) is 8.72. The molecule has 0 heterocycles. The van der Waals surface area contributed by atoms with Crippen molar-refractivity contribution in [2.45, 2.75) is 20.0 Å². The number of rotatable bonds is 4. The summed E-state index contributed by atoms with van der Waals surface area (Å²) in [5.41, 5.74) is 0. The van der Waals surface area contributed by atoms with Crippen LogP contribution in [0.1, 0.15) is 13.8 Å². The molecule has 0 aliphatic carbocycles. The Morgan fingerprint density at radius 1 is 1.18 bits per heavy atom. The molecule has 68 valence electrons. The van der Waals surface area contributed by atoms with Gasteiger partial charge >= 0.3 is 0 Å². The van der Waals surface area contributed by atoms with Crippen LogP contribution in [0.25, 0.3) is 0 Å². The maximum absolute atomic E-state index is 5.25. The molecule has 0 aliphatic heterocycles. The van der Waals surface area contributed by atoms with Crippen molar-refractivity contribution in [3.63, 3.8) is 0 Å². The van der Waals surface area contributed by atoms with Gasteiger partial charge in [0.1, 0.15) is 0 Å². The highest BCUT2D eigenvalue weighted by Crippen LogP contribution is 2.09. The maximum Gasteiger partial charge on any atom is 0.0831 e. The van der Waals surface area contributed by atoms with Crippen molar-refractivity contribution in [1.82, 2.24) is 0 Å². The molecule has 0 saturated carbocycles. The van der Waals surface area contributed by atoms with E-state index in [0.717, 1.165) is 11.0 Å². The van der Waals surface area contributed by atoms with Crippen molar-refractivity contribution in [2.75, 3.05) is 34.8 Å². The van der Waals surface area contributed by atoms with E-state index in [1.807, 2.05) is 0 Å². The Hall–Kier alpha value is -0.0800. The maximum atomic E-state index is 5.25. The first kappa shape index (κ1) is 10.9. The predicted molar refractivity (Wildman–Crippen MR) is 48.5 cm³/mol. The van der Waals surface area contributed by atoms with Gasteiger partial charge in [-0.1, -0.05) is 6.92 Å². The summed E-state index contributed by atoms with van der Waals surface area (Å²) in [7, 11) is 8.40. The molecule has 0 fully saturated rings. The van der Waals surface area contributed by atoms with Gasteiger partial charge in [0, 0.05) is 13.0 Å². The second-order valence-corrected chi connectivity index (χ2v) is 4.39. The Bertz CT molecular complexity index is 107. The standard InChI is InChI=1S/C9H22NO/c1-8(9(2)11-6)7-10(3,4)5/h8-9H,7H2,1-6H3/q+1. The van der Waals surface area contributed by atoms with Crippen molar-refractivity contribution < 1.29 is 9.22 Å². The summed E-state index contributed by atoms with van der Waals surface area (Å²) in [4.78, 5) is 0. The number of ether oxygens (including phenoxy) is 1. The first-order chi connectivity index (χ1) is 4.87. The second kappa shape index (κ2) is 4.07. The van der Waals surface area contributed by atoms with Gasteiger partial charge in [-0.25, -0.2) is 0 Å². The number of hydrogen-bond donors (Lipinski definition) is 0. The van der Waals surface area contributed by atoms with E-state index in [9.17, 15) is 0 Å². The molecule has 0 saturated heterocycles. The van der Waals surface area contributed by atoms with Gasteiger partial charge in [0.05, 0.1) is 33.8 Å². The lowest BCUT2D eigenvalue weighted by molar-refractivity contribution is -0.874. The number of hydrogen-bond acceptors (Lipinski definition) is 1. The third kappa shape index (κ3) is 5.22. The van der Waals surface area contributed by atoms with Crippen LogP contribution in [0, 0.1) is 5.92 Å². The van der Waals surface area contributed by atoms with Gasteiger partial charge in [-0.2, -0.15) is 0 Å². The molecule has 0 aromatic heterocycles. The van der Waals surface area contributed by atoms with Crippen molar-refractivity contribution in [2.24, 2.45) is 5.92 Å². The number of nitrogens with zero attached hydrogens (tertiary/aromatic N) is 1. The summed E-state index contributed by atoms with van der Waals surface area (Å²) < 4.78 is 6.26. The summed E-state index contributed by atoms with van der Waals surface area (Å²) in [6.45, 7) is 5.52. The molecule has 0 bridgehead atoms. The van der Waals surface area contributed by atoms with Crippen LogP contribution in [0.3, 0.4) is 0 Å². The van der Waals surface area contributed by atoms with Gasteiger partial charge in [0.25, 0.3) is 0 Å². The van der Waals surface area contributed by atoms with Gasteiger partial charge in [-0.15, -0.1) is 0 Å². The molecule has 0 N–H and O–H groups in total. The topological polar surface area (TPSA) is 9.23 Å². The van der Waals surface area contributed by atoms with Crippen LogP contribution in [0.2, 0.25) is 0 Å². The molecule has 0 amide bonds. The van der Waals surface area contributed by atoms with E-state index in [4.69, 9.17) is 4.74 Å². The van der Waals surface area contributed by atoms with E-state index in [0.29, 0.717) is 12.0 Å². The number of quaternary nitrogens is 1. The molecule has 0 rings (SSSR count). The summed E-state index contributed by atoms with van der Waals surface area (Å²) in [6.07, 6.45) is 0.368. The number of methoxy groups -OCH3 is 1. The minimum atomic E-state index is 0.368. The Balaban J connectivity index is 3.77. The van der Waals surface area contributed by atoms with Crippen molar-refractivity contribution in [3.8, 4) is 0 Å². The van der Waals surface area contributed by atoms with Crippen LogP contribution in [-0.2, 0) is 4.74 Å². The van der Waals surface area contributed by atoms with Gasteiger partial charge in [-0.05, 0) is 6.92 Å².